The molecule has 0 amide bonds. The van der Waals surface area contributed by atoms with E-state index in [1.54, 1.807) is 18.2 Å². The largest absolute Gasteiger partial charge is 0.486 e. The topological polar surface area (TPSA) is 66.8 Å². The fraction of sp³-hybridized carbons (Fsp3) is 0.400. The normalized spacial score (nSPS) is 17.4. The van der Waals surface area contributed by atoms with Gasteiger partial charge in [0.1, 0.15) is 11.9 Å². The van der Waals surface area contributed by atoms with Crippen molar-refractivity contribution in [1.29, 1.82) is 0 Å². The standard InChI is InChI=1S/C20H21BrF3NO4S/c1-19(2,12-26)10-15-11-25(17-9-14(21)6-7-18(17)29-15)30(27,28)16-5-3-4-13(8-16)20(22,23)24/h3-9,15,26H,10-12H2,1-2H3/t15-/m0/s1. The van der Waals surface area contributed by atoms with Crippen molar-refractivity contribution in [3.8, 4) is 5.75 Å². The fourth-order valence-corrected chi connectivity index (χ4v) is 5.15. The quantitative estimate of drug-likeness (QED) is 0.629. The maximum Gasteiger partial charge on any atom is 0.416 e. The van der Waals surface area contributed by atoms with Crippen molar-refractivity contribution in [2.24, 2.45) is 5.41 Å². The first-order chi connectivity index (χ1) is 13.8. The van der Waals surface area contributed by atoms with Gasteiger partial charge in [0.2, 0.25) is 0 Å². The average molecular weight is 508 g/mol. The second kappa shape index (κ2) is 8.05. The van der Waals surface area contributed by atoms with E-state index in [0.717, 1.165) is 22.5 Å². The number of fused-ring (bicyclic) bond motifs is 1. The maximum absolute atomic E-state index is 13.4. The molecule has 0 fully saturated rings. The Labute approximate surface area is 181 Å². The highest BCUT2D eigenvalue weighted by Gasteiger charge is 2.38. The molecule has 1 aliphatic heterocycles. The number of hydrogen-bond acceptors (Lipinski definition) is 4. The highest BCUT2D eigenvalue weighted by molar-refractivity contribution is 9.10. The van der Waals surface area contributed by atoms with Gasteiger partial charge >= 0.3 is 6.18 Å². The number of nitrogens with zero attached hydrogens (tertiary/aromatic N) is 1. The van der Waals surface area contributed by atoms with Crippen molar-refractivity contribution >= 4 is 31.6 Å². The number of benzene rings is 2. The van der Waals surface area contributed by atoms with Crippen LogP contribution in [-0.2, 0) is 16.2 Å². The van der Waals surface area contributed by atoms with Gasteiger partial charge in [-0.15, -0.1) is 0 Å². The highest BCUT2D eigenvalue weighted by atomic mass is 79.9. The first-order valence-electron chi connectivity index (χ1n) is 9.10. The van der Waals surface area contributed by atoms with Crippen LogP contribution in [0.5, 0.6) is 5.75 Å². The van der Waals surface area contributed by atoms with Crippen LogP contribution in [0.3, 0.4) is 0 Å². The summed E-state index contributed by atoms with van der Waals surface area (Å²) in [6.07, 6.45) is -4.89. The molecule has 0 bridgehead atoms. The Bertz CT molecular complexity index is 1040. The van der Waals surface area contributed by atoms with Crippen molar-refractivity contribution in [1.82, 2.24) is 0 Å². The lowest BCUT2D eigenvalue weighted by atomic mass is 9.87. The van der Waals surface area contributed by atoms with Crippen LogP contribution in [0.1, 0.15) is 25.8 Å². The number of hydrogen-bond donors (Lipinski definition) is 1. The van der Waals surface area contributed by atoms with Crippen LogP contribution in [0.4, 0.5) is 18.9 Å². The van der Waals surface area contributed by atoms with Crippen LogP contribution in [0.25, 0.3) is 0 Å². The van der Waals surface area contributed by atoms with Gasteiger partial charge in [-0.25, -0.2) is 8.42 Å². The van der Waals surface area contributed by atoms with Crippen LogP contribution < -0.4 is 9.04 Å². The van der Waals surface area contributed by atoms with Gasteiger partial charge in [-0.2, -0.15) is 13.2 Å². The molecule has 2 aromatic rings. The molecule has 0 aromatic heterocycles. The van der Waals surface area contributed by atoms with Gasteiger partial charge in [-0.05, 0) is 48.2 Å². The zero-order valence-corrected chi connectivity index (χ0v) is 18.7. The van der Waals surface area contributed by atoms with Crippen molar-refractivity contribution in [3.05, 3.63) is 52.5 Å². The second-order valence-electron chi connectivity index (χ2n) is 7.94. The Kier molecular flexibility index (Phi) is 6.14. The van der Waals surface area contributed by atoms with E-state index in [4.69, 9.17) is 4.74 Å². The lowest BCUT2D eigenvalue weighted by molar-refractivity contribution is -0.137. The summed E-state index contributed by atoms with van der Waals surface area (Å²) < 4.78 is 73.7. The van der Waals surface area contributed by atoms with Crippen LogP contribution in [0.15, 0.2) is 51.8 Å². The van der Waals surface area contributed by atoms with E-state index in [9.17, 15) is 26.7 Å². The van der Waals surface area contributed by atoms with Crippen molar-refractivity contribution in [2.45, 2.75) is 37.4 Å². The maximum atomic E-state index is 13.4. The number of ether oxygens (including phenoxy) is 1. The van der Waals surface area contributed by atoms with Gasteiger partial charge in [0.15, 0.2) is 0 Å². The SMILES string of the molecule is CC(C)(CO)C[C@H]1CN(S(=O)(=O)c2cccc(C(F)(F)F)c2)c2cc(Br)ccc2O1. The van der Waals surface area contributed by atoms with Crippen LogP contribution in [0, 0.1) is 5.41 Å². The minimum absolute atomic E-state index is 0.0918. The second-order valence-corrected chi connectivity index (χ2v) is 10.7. The molecule has 30 heavy (non-hydrogen) atoms. The molecule has 0 spiro atoms. The number of sulfonamides is 1. The molecule has 0 aliphatic carbocycles. The summed E-state index contributed by atoms with van der Waals surface area (Å²) in [6.45, 7) is 3.42. The summed E-state index contributed by atoms with van der Waals surface area (Å²) in [5.74, 6) is 0.304. The molecule has 164 valence electrons. The van der Waals surface area contributed by atoms with Crippen LogP contribution >= 0.6 is 15.9 Å². The van der Waals surface area contributed by atoms with Crippen molar-refractivity contribution in [2.75, 3.05) is 17.5 Å². The summed E-state index contributed by atoms with van der Waals surface area (Å²) in [5.41, 5.74) is -1.33. The fourth-order valence-electron chi connectivity index (χ4n) is 3.26. The molecule has 0 saturated heterocycles. The molecule has 1 aliphatic rings. The van der Waals surface area contributed by atoms with E-state index in [-0.39, 0.29) is 18.8 Å². The van der Waals surface area contributed by atoms with Gasteiger partial charge in [0.05, 0.1) is 22.7 Å². The Morgan fingerprint density at radius 1 is 1.20 bits per heavy atom. The third-order valence-corrected chi connectivity index (χ3v) is 7.08. The molecule has 10 heteroatoms. The monoisotopic (exact) mass is 507 g/mol. The summed E-state index contributed by atoms with van der Waals surface area (Å²) in [5, 5.41) is 9.57. The van der Waals surface area contributed by atoms with Gasteiger partial charge in [-0.1, -0.05) is 35.8 Å². The summed E-state index contributed by atoms with van der Waals surface area (Å²) in [4.78, 5) is -0.453. The van der Waals surface area contributed by atoms with Gasteiger partial charge in [0.25, 0.3) is 10.0 Å². The molecule has 2 aromatic carbocycles. The Morgan fingerprint density at radius 2 is 1.90 bits per heavy atom. The number of aliphatic hydroxyl groups is 1. The molecule has 1 atom stereocenters. The number of aliphatic hydroxyl groups excluding tert-OH is 1. The van der Waals surface area contributed by atoms with Crippen LogP contribution in [-0.4, -0.2) is 32.8 Å². The van der Waals surface area contributed by atoms with E-state index in [1.165, 1.54) is 0 Å². The number of alkyl halides is 3. The Morgan fingerprint density at radius 3 is 2.53 bits per heavy atom. The third-order valence-electron chi connectivity index (χ3n) is 4.81. The molecular weight excluding hydrogens is 487 g/mol. The first kappa shape index (κ1) is 22.9. The Hall–Kier alpha value is -1.78. The summed E-state index contributed by atoms with van der Waals surface area (Å²) in [7, 11) is -4.30. The summed E-state index contributed by atoms with van der Waals surface area (Å²) >= 11 is 3.29. The van der Waals surface area contributed by atoms with E-state index in [2.05, 4.69) is 15.9 Å². The molecule has 0 radical (unpaired) electrons. The van der Waals surface area contributed by atoms with E-state index in [0.29, 0.717) is 22.7 Å². The average Bonchev–Trinajstić information content (AvgIpc) is 2.67. The van der Waals surface area contributed by atoms with E-state index in [1.807, 2.05) is 13.8 Å². The number of rotatable bonds is 5. The lowest BCUT2D eigenvalue weighted by Crippen LogP contribution is -2.45. The Balaban J connectivity index is 2.07. The minimum atomic E-state index is -4.66. The first-order valence-corrected chi connectivity index (χ1v) is 11.3. The molecule has 3 rings (SSSR count). The molecule has 0 unspecified atom stereocenters. The zero-order chi connectivity index (χ0) is 22.3. The molecule has 0 saturated carbocycles. The molecule has 5 nitrogen and oxygen atoms in total. The zero-order valence-electron chi connectivity index (χ0n) is 16.3. The number of halogens is 4. The lowest BCUT2D eigenvalue weighted by Gasteiger charge is -2.38. The smallest absolute Gasteiger partial charge is 0.416 e. The predicted octanol–water partition coefficient (Wildman–Crippen LogP) is 4.83. The molecule has 1 heterocycles. The molecular formula is C20H21BrF3NO4S. The summed E-state index contributed by atoms with van der Waals surface area (Å²) in [6, 6.07) is 8.52. The third kappa shape index (κ3) is 4.76. The highest BCUT2D eigenvalue weighted by Crippen LogP contribution is 2.41. The van der Waals surface area contributed by atoms with Crippen molar-refractivity contribution in [3.63, 3.8) is 0 Å². The van der Waals surface area contributed by atoms with Gasteiger partial charge in [-0.3, -0.25) is 4.31 Å². The minimum Gasteiger partial charge on any atom is -0.486 e. The van der Waals surface area contributed by atoms with Gasteiger partial charge in [0, 0.05) is 11.1 Å². The van der Waals surface area contributed by atoms with Crippen molar-refractivity contribution < 1.29 is 31.4 Å². The predicted molar refractivity (Wildman–Crippen MR) is 110 cm³/mol. The van der Waals surface area contributed by atoms with Gasteiger partial charge < -0.3 is 9.84 Å². The van der Waals surface area contributed by atoms with E-state index >= 15 is 0 Å². The molecule has 1 N–H and O–H groups in total. The van der Waals surface area contributed by atoms with Crippen LogP contribution in [0.2, 0.25) is 0 Å². The van der Waals surface area contributed by atoms with E-state index < -0.39 is 38.2 Å². The number of anilines is 1.